The van der Waals surface area contributed by atoms with Crippen molar-refractivity contribution in [3.05, 3.63) is 118 Å². The second-order valence-corrected chi connectivity index (χ2v) is 11.0. The van der Waals surface area contributed by atoms with Crippen LogP contribution < -0.4 is 10.1 Å². The SMILES string of the molecule is COc1ccc(Cn2cc(CC(C#N)c3cc(C(=O)O)cc(C(=O)NCc4ccc5n[nH]nc5c4)c3)c3ccc(Cl)cc32)cn1. The summed E-state index contributed by atoms with van der Waals surface area (Å²) in [7, 11) is 1.56. The lowest BCUT2D eigenvalue weighted by Crippen LogP contribution is -2.23. The molecule has 6 aromatic rings. The topological polar surface area (TPSA) is 159 Å². The molecule has 45 heavy (non-hydrogen) atoms. The fraction of sp³-hybridized carbons (Fsp3) is 0.152. The van der Waals surface area contributed by atoms with E-state index in [1.54, 1.807) is 43.6 Å². The summed E-state index contributed by atoms with van der Waals surface area (Å²) < 4.78 is 7.20. The Kier molecular flexibility index (Phi) is 8.14. The van der Waals surface area contributed by atoms with Gasteiger partial charge in [-0.2, -0.15) is 20.7 Å². The molecule has 3 aromatic carbocycles. The molecule has 3 N–H and O–H groups in total. The highest BCUT2D eigenvalue weighted by Gasteiger charge is 2.21. The Hall–Kier alpha value is -5.73. The minimum absolute atomic E-state index is 0.0804. The van der Waals surface area contributed by atoms with Crippen LogP contribution in [0.3, 0.4) is 0 Å². The number of carbonyl (C=O) groups is 2. The van der Waals surface area contributed by atoms with Crippen molar-refractivity contribution in [1.82, 2.24) is 30.3 Å². The first-order chi connectivity index (χ1) is 21.8. The third-order valence-electron chi connectivity index (χ3n) is 7.57. The standard InChI is InChI=1S/C33H26ClN7O4/c1-45-31-7-3-20(16-36-31)17-41-18-25(27-5-4-26(34)13-30(27)41)12-24(14-35)21-9-22(11-23(10-21)33(43)44)32(42)37-15-19-2-6-28-29(8-19)39-40-38-28/h2-11,13,16,18,24H,12,15,17H2,1H3,(H,37,42)(H,43,44)(H,38,39,40). The molecule has 0 fully saturated rings. The van der Waals surface area contributed by atoms with Crippen molar-refractivity contribution in [1.29, 1.82) is 5.26 Å². The van der Waals surface area contributed by atoms with Crippen molar-refractivity contribution in [2.45, 2.75) is 25.4 Å². The van der Waals surface area contributed by atoms with Crippen LogP contribution in [0.5, 0.6) is 5.88 Å². The van der Waals surface area contributed by atoms with E-state index < -0.39 is 17.8 Å². The number of carbonyl (C=O) groups excluding carboxylic acids is 1. The first-order valence-electron chi connectivity index (χ1n) is 13.9. The minimum Gasteiger partial charge on any atom is -0.481 e. The summed E-state index contributed by atoms with van der Waals surface area (Å²) in [6.07, 6.45) is 3.99. The highest BCUT2D eigenvalue weighted by Crippen LogP contribution is 2.31. The van der Waals surface area contributed by atoms with E-state index in [4.69, 9.17) is 16.3 Å². The number of nitrogens with zero attached hydrogens (tertiary/aromatic N) is 5. The Morgan fingerprint density at radius 3 is 2.60 bits per heavy atom. The van der Waals surface area contributed by atoms with Gasteiger partial charge in [-0.3, -0.25) is 4.79 Å². The molecule has 0 saturated carbocycles. The summed E-state index contributed by atoms with van der Waals surface area (Å²) >= 11 is 6.36. The van der Waals surface area contributed by atoms with Crippen LogP contribution in [0.25, 0.3) is 21.9 Å². The number of amides is 1. The largest absolute Gasteiger partial charge is 0.481 e. The lowest BCUT2D eigenvalue weighted by Gasteiger charge is -2.13. The lowest BCUT2D eigenvalue weighted by molar-refractivity contribution is 0.0696. The minimum atomic E-state index is -1.20. The van der Waals surface area contributed by atoms with Gasteiger partial charge in [0.15, 0.2) is 0 Å². The predicted octanol–water partition coefficient (Wildman–Crippen LogP) is 5.50. The van der Waals surface area contributed by atoms with Crippen LogP contribution in [0.1, 0.15) is 48.9 Å². The van der Waals surface area contributed by atoms with Gasteiger partial charge in [-0.1, -0.05) is 29.8 Å². The van der Waals surface area contributed by atoms with Gasteiger partial charge in [0.25, 0.3) is 5.91 Å². The Morgan fingerprint density at radius 1 is 1.04 bits per heavy atom. The molecular formula is C33H26ClN7O4. The van der Waals surface area contributed by atoms with Gasteiger partial charge in [-0.25, -0.2) is 9.78 Å². The number of methoxy groups -OCH3 is 1. The Bertz CT molecular complexity index is 2100. The molecule has 0 spiro atoms. The van der Waals surface area contributed by atoms with E-state index in [0.29, 0.717) is 34.0 Å². The summed E-state index contributed by atoms with van der Waals surface area (Å²) in [6.45, 7) is 0.704. The maximum absolute atomic E-state index is 13.2. The molecule has 12 heteroatoms. The van der Waals surface area contributed by atoms with E-state index in [0.717, 1.165) is 27.6 Å². The number of carboxylic acids is 1. The molecule has 3 aromatic heterocycles. The van der Waals surface area contributed by atoms with E-state index >= 15 is 0 Å². The number of rotatable bonds is 10. The number of H-pyrrole nitrogens is 1. The summed E-state index contributed by atoms with van der Waals surface area (Å²) in [5.41, 5.74) is 5.38. The van der Waals surface area contributed by atoms with E-state index in [1.165, 1.54) is 12.1 Å². The van der Waals surface area contributed by atoms with Crippen LogP contribution in [0.15, 0.2) is 79.1 Å². The summed E-state index contributed by atoms with van der Waals surface area (Å²) in [4.78, 5) is 29.5. The number of halogens is 1. The van der Waals surface area contributed by atoms with Crippen molar-refractivity contribution < 1.29 is 19.4 Å². The maximum atomic E-state index is 13.2. The van der Waals surface area contributed by atoms with Crippen LogP contribution in [-0.4, -0.2) is 49.1 Å². The van der Waals surface area contributed by atoms with Gasteiger partial charge in [0.05, 0.1) is 30.2 Å². The molecular weight excluding hydrogens is 594 g/mol. The molecule has 1 unspecified atom stereocenters. The average Bonchev–Trinajstić information content (AvgIpc) is 3.66. The third-order valence-corrected chi connectivity index (χ3v) is 7.80. The average molecular weight is 620 g/mol. The molecule has 0 saturated heterocycles. The molecule has 1 amide bonds. The Balaban J connectivity index is 1.28. The van der Waals surface area contributed by atoms with Crippen LogP contribution in [0.2, 0.25) is 5.02 Å². The maximum Gasteiger partial charge on any atom is 0.335 e. The van der Waals surface area contributed by atoms with Crippen LogP contribution in [0.4, 0.5) is 0 Å². The summed E-state index contributed by atoms with van der Waals surface area (Å²) in [6, 6.07) is 21.4. The fourth-order valence-electron chi connectivity index (χ4n) is 5.30. The first-order valence-corrected chi connectivity index (χ1v) is 14.3. The Morgan fingerprint density at radius 2 is 1.84 bits per heavy atom. The molecule has 0 aliphatic heterocycles. The number of carboxylic acid groups (broad SMARTS) is 1. The van der Waals surface area contributed by atoms with Gasteiger partial charge >= 0.3 is 5.97 Å². The van der Waals surface area contributed by atoms with E-state index in [1.807, 2.05) is 35.0 Å². The first kappa shape index (κ1) is 29.3. The van der Waals surface area contributed by atoms with Crippen molar-refractivity contribution >= 4 is 45.4 Å². The zero-order chi connectivity index (χ0) is 31.5. The number of ether oxygens (including phenoxy) is 1. The summed E-state index contributed by atoms with van der Waals surface area (Å²) in [5.74, 6) is -1.88. The zero-order valence-electron chi connectivity index (χ0n) is 24.0. The van der Waals surface area contributed by atoms with Gasteiger partial charge in [-0.05, 0) is 71.1 Å². The van der Waals surface area contributed by atoms with Crippen LogP contribution >= 0.6 is 11.6 Å². The normalized spacial score (nSPS) is 11.8. The number of hydrogen-bond acceptors (Lipinski definition) is 7. The van der Waals surface area contributed by atoms with E-state index in [-0.39, 0.29) is 24.1 Å². The van der Waals surface area contributed by atoms with Gasteiger partial charge in [0, 0.05) is 47.5 Å². The number of hydrogen-bond donors (Lipinski definition) is 3. The number of aromatic nitrogens is 5. The van der Waals surface area contributed by atoms with Crippen LogP contribution in [-0.2, 0) is 19.5 Å². The number of pyridine rings is 1. The molecule has 0 radical (unpaired) electrons. The molecule has 11 nitrogen and oxygen atoms in total. The van der Waals surface area contributed by atoms with Crippen molar-refractivity contribution in [2.75, 3.05) is 7.11 Å². The van der Waals surface area contributed by atoms with E-state index in [2.05, 4.69) is 31.8 Å². The van der Waals surface area contributed by atoms with Gasteiger partial charge in [-0.15, -0.1) is 0 Å². The molecule has 6 rings (SSSR count). The molecule has 0 bridgehead atoms. The summed E-state index contributed by atoms with van der Waals surface area (Å²) in [5, 5.41) is 35.1. The third kappa shape index (κ3) is 6.32. The smallest absolute Gasteiger partial charge is 0.335 e. The monoisotopic (exact) mass is 619 g/mol. The number of fused-ring (bicyclic) bond motifs is 2. The molecule has 0 aliphatic carbocycles. The quantitative estimate of drug-likeness (QED) is 0.181. The number of nitriles is 1. The molecule has 0 aliphatic rings. The fourth-order valence-corrected chi connectivity index (χ4v) is 5.47. The number of benzene rings is 3. The van der Waals surface area contributed by atoms with E-state index in [9.17, 15) is 20.0 Å². The number of nitrogens with one attached hydrogen (secondary N) is 2. The molecule has 3 heterocycles. The highest BCUT2D eigenvalue weighted by atomic mass is 35.5. The number of aromatic amines is 1. The zero-order valence-corrected chi connectivity index (χ0v) is 24.7. The van der Waals surface area contributed by atoms with Gasteiger partial charge in [0.2, 0.25) is 5.88 Å². The highest BCUT2D eigenvalue weighted by molar-refractivity contribution is 6.31. The second kappa shape index (κ2) is 12.5. The Labute approximate surface area is 262 Å². The van der Waals surface area contributed by atoms with Gasteiger partial charge < -0.3 is 19.7 Å². The van der Waals surface area contributed by atoms with Crippen LogP contribution in [0, 0.1) is 11.3 Å². The predicted molar refractivity (Wildman–Crippen MR) is 167 cm³/mol. The molecule has 1 atom stereocenters. The number of aromatic carboxylic acids is 1. The molecule has 224 valence electrons. The lowest BCUT2D eigenvalue weighted by atomic mass is 9.90. The van der Waals surface area contributed by atoms with Gasteiger partial charge in [0.1, 0.15) is 11.0 Å². The van der Waals surface area contributed by atoms with Crippen molar-refractivity contribution in [3.63, 3.8) is 0 Å². The second-order valence-electron chi connectivity index (χ2n) is 10.5. The van der Waals surface area contributed by atoms with Crippen molar-refractivity contribution in [3.8, 4) is 11.9 Å². The van der Waals surface area contributed by atoms with Crippen molar-refractivity contribution in [2.24, 2.45) is 0 Å².